The number of hydrogen-bond donors (Lipinski definition) is 1. The number of benzene rings is 1. The molecule has 1 aromatic heterocycles. The van der Waals surface area contributed by atoms with Crippen molar-refractivity contribution in [1.82, 2.24) is 0 Å². The van der Waals surface area contributed by atoms with Gasteiger partial charge in [-0.15, -0.1) is 0 Å². The van der Waals surface area contributed by atoms with Crippen LogP contribution >= 0.6 is 0 Å². The lowest BCUT2D eigenvalue weighted by atomic mass is 10.2. The van der Waals surface area contributed by atoms with E-state index < -0.39 is 5.97 Å². The molecule has 22 heavy (non-hydrogen) atoms. The van der Waals surface area contributed by atoms with Gasteiger partial charge in [-0.3, -0.25) is 0 Å². The molecule has 5 heteroatoms. The zero-order chi connectivity index (χ0) is 15.5. The predicted octanol–water partition coefficient (Wildman–Crippen LogP) is 3.47. The number of aromatic carboxylic acids is 1. The van der Waals surface area contributed by atoms with E-state index in [1.807, 2.05) is 12.1 Å². The normalized spacial score (nSPS) is 14.3. The van der Waals surface area contributed by atoms with Crippen molar-refractivity contribution in [2.45, 2.75) is 26.4 Å². The molecule has 1 N–H and O–H groups in total. The number of carbonyl (C=O) groups is 1. The number of rotatable bonds is 5. The van der Waals surface area contributed by atoms with Crippen molar-refractivity contribution in [3.63, 3.8) is 0 Å². The van der Waals surface area contributed by atoms with Crippen LogP contribution in [0.3, 0.4) is 0 Å². The van der Waals surface area contributed by atoms with Gasteiger partial charge < -0.3 is 19.2 Å². The molecular formula is C17H19NO4. The summed E-state index contributed by atoms with van der Waals surface area (Å²) in [7, 11) is 0. The summed E-state index contributed by atoms with van der Waals surface area (Å²) in [6.07, 6.45) is 2.40. The number of nitrogens with zero attached hydrogens (tertiary/aromatic N) is 1. The monoisotopic (exact) mass is 301 g/mol. The van der Waals surface area contributed by atoms with Gasteiger partial charge >= 0.3 is 5.97 Å². The maximum atomic E-state index is 10.8. The van der Waals surface area contributed by atoms with Crippen molar-refractivity contribution in [2.24, 2.45) is 0 Å². The van der Waals surface area contributed by atoms with Crippen LogP contribution in [0.4, 0.5) is 5.69 Å². The Labute approximate surface area is 129 Å². The summed E-state index contributed by atoms with van der Waals surface area (Å²) in [6, 6.07) is 9.18. The molecule has 1 aliphatic heterocycles. The van der Waals surface area contributed by atoms with Crippen LogP contribution in [0.5, 0.6) is 5.75 Å². The maximum absolute atomic E-state index is 10.8. The van der Waals surface area contributed by atoms with Gasteiger partial charge in [-0.1, -0.05) is 6.07 Å². The average molecular weight is 301 g/mol. The van der Waals surface area contributed by atoms with E-state index in [4.69, 9.17) is 14.3 Å². The molecule has 0 unspecified atom stereocenters. The lowest BCUT2D eigenvalue weighted by Crippen LogP contribution is -2.18. The first kappa shape index (κ1) is 14.5. The minimum Gasteiger partial charge on any atom is -0.483 e. The van der Waals surface area contributed by atoms with Gasteiger partial charge in [0.05, 0.1) is 5.69 Å². The maximum Gasteiger partial charge on any atom is 0.371 e. The van der Waals surface area contributed by atoms with Crippen molar-refractivity contribution in [3.05, 3.63) is 47.4 Å². The summed E-state index contributed by atoms with van der Waals surface area (Å²) < 4.78 is 11.1. The molecule has 0 saturated carbocycles. The molecule has 0 aliphatic carbocycles. The zero-order valence-corrected chi connectivity index (χ0v) is 12.5. The van der Waals surface area contributed by atoms with E-state index in [0.717, 1.165) is 24.5 Å². The lowest BCUT2D eigenvalue weighted by molar-refractivity contribution is 0.0658. The Hall–Kier alpha value is -2.43. The molecule has 1 aromatic carbocycles. The van der Waals surface area contributed by atoms with Crippen molar-refractivity contribution in [3.8, 4) is 5.75 Å². The number of hydrogen-bond acceptors (Lipinski definition) is 4. The third-order valence-electron chi connectivity index (χ3n) is 3.80. The van der Waals surface area contributed by atoms with Crippen LogP contribution in [-0.4, -0.2) is 24.2 Å². The van der Waals surface area contributed by atoms with Gasteiger partial charge in [0, 0.05) is 13.1 Å². The van der Waals surface area contributed by atoms with Gasteiger partial charge in [-0.2, -0.15) is 0 Å². The molecule has 0 atom stereocenters. The van der Waals surface area contributed by atoms with Gasteiger partial charge in [0.2, 0.25) is 5.76 Å². The quantitative estimate of drug-likeness (QED) is 0.916. The number of anilines is 1. The van der Waals surface area contributed by atoms with Crippen molar-refractivity contribution in [2.75, 3.05) is 18.0 Å². The smallest absolute Gasteiger partial charge is 0.371 e. The van der Waals surface area contributed by atoms with Crippen LogP contribution in [0.15, 0.2) is 34.7 Å². The third-order valence-corrected chi connectivity index (χ3v) is 3.80. The van der Waals surface area contributed by atoms with Crippen LogP contribution in [0, 0.1) is 6.92 Å². The molecule has 3 rings (SSSR count). The summed E-state index contributed by atoms with van der Waals surface area (Å²) in [5.74, 6) is 0.174. The topological polar surface area (TPSA) is 62.9 Å². The highest BCUT2D eigenvalue weighted by molar-refractivity contribution is 5.84. The van der Waals surface area contributed by atoms with E-state index in [1.165, 1.54) is 24.5 Å². The van der Waals surface area contributed by atoms with E-state index in [1.54, 1.807) is 6.07 Å². The second-order valence-electron chi connectivity index (χ2n) is 5.53. The third kappa shape index (κ3) is 3.08. The van der Waals surface area contributed by atoms with E-state index in [9.17, 15) is 4.79 Å². The molecule has 0 spiro atoms. The number of carboxylic acids is 1. The van der Waals surface area contributed by atoms with E-state index in [0.29, 0.717) is 5.76 Å². The fourth-order valence-electron chi connectivity index (χ4n) is 2.67. The minimum absolute atomic E-state index is 0.0673. The highest BCUT2D eigenvalue weighted by Crippen LogP contribution is 2.32. The number of furan rings is 1. The molecule has 0 amide bonds. The second-order valence-corrected chi connectivity index (χ2v) is 5.53. The van der Waals surface area contributed by atoms with Crippen LogP contribution < -0.4 is 9.64 Å². The standard InChI is InChI=1S/C17H19NO4/c1-12-4-6-15(14(10-12)18-8-2-3-9-18)21-11-13-5-7-16(22-13)17(19)20/h4-7,10H,2-3,8-9,11H2,1H3,(H,19,20). The molecule has 1 aliphatic rings. The van der Waals surface area contributed by atoms with E-state index in [-0.39, 0.29) is 12.4 Å². The van der Waals surface area contributed by atoms with Crippen molar-refractivity contribution < 1.29 is 19.1 Å². The Kier molecular flexibility index (Phi) is 4.04. The van der Waals surface area contributed by atoms with Crippen LogP contribution in [0.2, 0.25) is 0 Å². The largest absolute Gasteiger partial charge is 0.483 e. The van der Waals surface area contributed by atoms with Gasteiger partial charge in [0.1, 0.15) is 18.1 Å². The van der Waals surface area contributed by atoms with Crippen molar-refractivity contribution >= 4 is 11.7 Å². The van der Waals surface area contributed by atoms with Crippen LogP contribution in [-0.2, 0) is 6.61 Å². The Morgan fingerprint density at radius 2 is 2.05 bits per heavy atom. The van der Waals surface area contributed by atoms with Gasteiger partial charge in [0.15, 0.2) is 0 Å². The second kappa shape index (κ2) is 6.13. The Morgan fingerprint density at radius 3 is 2.73 bits per heavy atom. The molecule has 2 aromatic rings. The summed E-state index contributed by atoms with van der Waals surface area (Å²) in [5.41, 5.74) is 2.29. The Morgan fingerprint density at radius 1 is 1.27 bits per heavy atom. The minimum atomic E-state index is -1.07. The Bertz CT molecular complexity index is 671. The fraction of sp³-hybridized carbons (Fsp3) is 0.353. The van der Waals surface area contributed by atoms with Gasteiger partial charge in [0.25, 0.3) is 0 Å². The first-order chi connectivity index (χ1) is 10.6. The van der Waals surface area contributed by atoms with Gasteiger partial charge in [-0.25, -0.2) is 4.79 Å². The SMILES string of the molecule is Cc1ccc(OCc2ccc(C(=O)O)o2)c(N2CCCC2)c1. The molecule has 116 valence electrons. The van der Waals surface area contributed by atoms with Crippen molar-refractivity contribution in [1.29, 1.82) is 0 Å². The summed E-state index contributed by atoms with van der Waals surface area (Å²) in [5, 5.41) is 8.86. The van der Waals surface area contributed by atoms with E-state index in [2.05, 4.69) is 17.9 Å². The molecule has 5 nitrogen and oxygen atoms in total. The first-order valence-corrected chi connectivity index (χ1v) is 7.44. The summed E-state index contributed by atoms with van der Waals surface area (Å²) in [4.78, 5) is 13.1. The summed E-state index contributed by atoms with van der Waals surface area (Å²) >= 11 is 0. The molecule has 0 bridgehead atoms. The lowest BCUT2D eigenvalue weighted by Gasteiger charge is -2.21. The van der Waals surface area contributed by atoms with E-state index >= 15 is 0 Å². The zero-order valence-electron chi connectivity index (χ0n) is 12.5. The Balaban J connectivity index is 1.75. The summed E-state index contributed by atoms with van der Waals surface area (Å²) in [6.45, 7) is 4.37. The molecule has 2 heterocycles. The first-order valence-electron chi connectivity index (χ1n) is 7.44. The molecule has 1 saturated heterocycles. The van der Waals surface area contributed by atoms with Crippen LogP contribution in [0.1, 0.15) is 34.7 Å². The highest BCUT2D eigenvalue weighted by Gasteiger charge is 2.17. The average Bonchev–Trinajstić information content (AvgIpc) is 3.17. The molecular weight excluding hydrogens is 282 g/mol. The fourth-order valence-corrected chi connectivity index (χ4v) is 2.67. The van der Waals surface area contributed by atoms with Crippen LogP contribution in [0.25, 0.3) is 0 Å². The highest BCUT2D eigenvalue weighted by atomic mass is 16.5. The number of aryl methyl sites for hydroxylation is 1. The number of ether oxygens (including phenoxy) is 1. The molecule has 1 fully saturated rings. The van der Waals surface area contributed by atoms with Gasteiger partial charge in [-0.05, 0) is 49.6 Å². The molecule has 0 radical (unpaired) electrons. The predicted molar refractivity (Wildman–Crippen MR) is 82.6 cm³/mol. The number of carboxylic acid groups (broad SMARTS) is 1.